The Morgan fingerprint density at radius 1 is 1.33 bits per heavy atom. The minimum absolute atomic E-state index is 0.0822. The second-order valence-electron chi connectivity index (χ2n) is 4.52. The van der Waals surface area contributed by atoms with E-state index in [2.05, 4.69) is 5.32 Å². The summed E-state index contributed by atoms with van der Waals surface area (Å²) in [5.41, 5.74) is 0. The average molecular weight is 210 g/mol. The highest BCUT2D eigenvalue weighted by atomic mass is 16.2. The maximum Gasteiger partial charge on any atom is 0.240 e. The lowest BCUT2D eigenvalue weighted by molar-refractivity contribution is -0.143. The molecule has 0 aromatic rings. The van der Waals surface area contributed by atoms with E-state index in [1.54, 1.807) is 6.92 Å². The largest absolute Gasteiger partial charge is 0.328 e. The van der Waals surface area contributed by atoms with Crippen molar-refractivity contribution in [3.8, 4) is 0 Å². The number of likely N-dealkylation sites (N-methyl/N-ethyl adjacent to an activating group) is 1. The maximum atomic E-state index is 12.1. The zero-order valence-corrected chi connectivity index (χ0v) is 9.32. The molecule has 4 nitrogen and oxygen atoms in total. The van der Waals surface area contributed by atoms with E-state index in [1.807, 2.05) is 11.9 Å². The number of amides is 1. The molecule has 2 aliphatic rings. The van der Waals surface area contributed by atoms with Gasteiger partial charge in [-0.2, -0.15) is 0 Å². The first-order valence-electron chi connectivity index (χ1n) is 5.65. The van der Waals surface area contributed by atoms with Crippen LogP contribution in [0, 0.1) is 0 Å². The summed E-state index contributed by atoms with van der Waals surface area (Å²) in [5.74, 6) is 0.244. The Kier molecular flexibility index (Phi) is 2.78. The van der Waals surface area contributed by atoms with Crippen molar-refractivity contribution in [2.75, 3.05) is 7.05 Å². The standard InChI is InChI=1S/C11H18N2O2/c1-7(14)10-6-4-8-3-5-9(12-2)11(15)13(8)10/h8-10,12H,3-6H2,1-2H3/t8?,9?,10-/m0/s1. The summed E-state index contributed by atoms with van der Waals surface area (Å²) in [6.45, 7) is 1.59. The lowest BCUT2D eigenvalue weighted by Crippen LogP contribution is -2.55. The van der Waals surface area contributed by atoms with Gasteiger partial charge in [0.1, 0.15) is 0 Å². The summed E-state index contributed by atoms with van der Waals surface area (Å²) in [6, 6.07) is 0.0795. The van der Waals surface area contributed by atoms with Crippen LogP contribution in [0.15, 0.2) is 0 Å². The van der Waals surface area contributed by atoms with E-state index < -0.39 is 0 Å². The van der Waals surface area contributed by atoms with E-state index in [1.165, 1.54) is 0 Å². The topological polar surface area (TPSA) is 49.4 Å². The smallest absolute Gasteiger partial charge is 0.240 e. The molecule has 15 heavy (non-hydrogen) atoms. The quantitative estimate of drug-likeness (QED) is 0.714. The first-order valence-corrected chi connectivity index (χ1v) is 5.65. The van der Waals surface area contributed by atoms with Crippen molar-refractivity contribution in [2.24, 2.45) is 0 Å². The Morgan fingerprint density at radius 3 is 2.60 bits per heavy atom. The number of nitrogens with one attached hydrogen (secondary N) is 1. The van der Waals surface area contributed by atoms with E-state index in [4.69, 9.17) is 0 Å². The van der Waals surface area contributed by atoms with Gasteiger partial charge in [0.05, 0.1) is 12.1 Å². The molecule has 84 valence electrons. The van der Waals surface area contributed by atoms with Gasteiger partial charge >= 0.3 is 0 Å². The third-order valence-corrected chi connectivity index (χ3v) is 3.66. The minimum Gasteiger partial charge on any atom is -0.328 e. The lowest BCUT2D eigenvalue weighted by Gasteiger charge is -2.37. The second-order valence-corrected chi connectivity index (χ2v) is 4.52. The number of rotatable bonds is 2. The van der Waals surface area contributed by atoms with Crippen LogP contribution in [0.3, 0.4) is 0 Å². The van der Waals surface area contributed by atoms with Gasteiger partial charge in [-0.1, -0.05) is 0 Å². The number of hydrogen-bond donors (Lipinski definition) is 1. The Morgan fingerprint density at radius 2 is 2.00 bits per heavy atom. The van der Waals surface area contributed by atoms with Gasteiger partial charge < -0.3 is 10.2 Å². The van der Waals surface area contributed by atoms with Crippen LogP contribution in [0.2, 0.25) is 0 Å². The van der Waals surface area contributed by atoms with Gasteiger partial charge in [-0.25, -0.2) is 0 Å². The number of carbonyl (C=O) groups is 2. The van der Waals surface area contributed by atoms with Gasteiger partial charge in [0, 0.05) is 6.04 Å². The molecule has 0 aliphatic carbocycles. The van der Waals surface area contributed by atoms with Gasteiger partial charge in [-0.3, -0.25) is 9.59 Å². The number of ketones is 1. The van der Waals surface area contributed by atoms with Crippen LogP contribution in [-0.2, 0) is 9.59 Å². The third-order valence-electron chi connectivity index (χ3n) is 3.66. The van der Waals surface area contributed by atoms with Crippen LogP contribution in [0.4, 0.5) is 0 Å². The van der Waals surface area contributed by atoms with E-state index >= 15 is 0 Å². The molecule has 1 N–H and O–H groups in total. The fourth-order valence-electron chi connectivity index (χ4n) is 2.83. The molecule has 2 fully saturated rings. The first kappa shape index (κ1) is 10.6. The summed E-state index contributed by atoms with van der Waals surface area (Å²) in [7, 11) is 1.81. The number of Topliss-reactive ketones (excluding diaryl/α,β-unsaturated/α-hetero) is 1. The van der Waals surface area contributed by atoms with Crippen LogP contribution in [0.1, 0.15) is 32.6 Å². The summed E-state index contributed by atoms with van der Waals surface area (Å²) in [5, 5.41) is 3.02. The van der Waals surface area contributed by atoms with Gasteiger partial charge in [-0.15, -0.1) is 0 Å². The fourth-order valence-corrected chi connectivity index (χ4v) is 2.83. The minimum atomic E-state index is -0.154. The van der Waals surface area contributed by atoms with Crippen molar-refractivity contribution in [1.29, 1.82) is 0 Å². The molecule has 0 aromatic carbocycles. The Hall–Kier alpha value is -0.900. The van der Waals surface area contributed by atoms with E-state index in [9.17, 15) is 9.59 Å². The highest BCUT2D eigenvalue weighted by Crippen LogP contribution is 2.32. The fraction of sp³-hybridized carbons (Fsp3) is 0.818. The van der Waals surface area contributed by atoms with Crippen LogP contribution in [0.25, 0.3) is 0 Å². The average Bonchev–Trinajstić information content (AvgIpc) is 2.63. The Bertz CT molecular complexity index is 290. The lowest BCUT2D eigenvalue weighted by atomic mass is 9.98. The molecular weight excluding hydrogens is 192 g/mol. The molecular formula is C11H18N2O2. The predicted molar refractivity (Wildman–Crippen MR) is 56.4 cm³/mol. The highest BCUT2D eigenvalue weighted by molar-refractivity contribution is 5.91. The zero-order chi connectivity index (χ0) is 11.0. The Balaban J connectivity index is 2.18. The SMILES string of the molecule is CNC1CCC2CC[C@@H](C(C)=O)N2C1=O. The molecule has 0 bridgehead atoms. The normalized spacial score (nSPS) is 35.5. The van der Waals surface area contributed by atoms with Gasteiger partial charge in [0.25, 0.3) is 0 Å². The molecule has 3 atom stereocenters. The third kappa shape index (κ3) is 1.67. The number of piperidine rings is 1. The summed E-state index contributed by atoms with van der Waals surface area (Å²) < 4.78 is 0. The number of nitrogens with zero attached hydrogens (tertiary/aromatic N) is 1. The van der Waals surface area contributed by atoms with Gasteiger partial charge in [-0.05, 0) is 39.7 Å². The van der Waals surface area contributed by atoms with Crippen molar-refractivity contribution in [3.05, 3.63) is 0 Å². The van der Waals surface area contributed by atoms with Crippen LogP contribution in [0.5, 0.6) is 0 Å². The molecule has 2 unspecified atom stereocenters. The van der Waals surface area contributed by atoms with E-state index in [-0.39, 0.29) is 23.8 Å². The van der Waals surface area contributed by atoms with Crippen LogP contribution in [-0.4, -0.2) is 41.8 Å². The van der Waals surface area contributed by atoms with E-state index in [0.717, 1.165) is 25.7 Å². The molecule has 4 heteroatoms. The van der Waals surface area contributed by atoms with Crippen LogP contribution >= 0.6 is 0 Å². The zero-order valence-electron chi connectivity index (χ0n) is 9.32. The van der Waals surface area contributed by atoms with Gasteiger partial charge in [0.2, 0.25) is 5.91 Å². The molecule has 2 aliphatic heterocycles. The Labute approximate surface area is 90.0 Å². The predicted octanol–water partition coefficient (Wildman–Crippen LogP) is 0.317. The van der Waals surface area contributed by atoms with Crippen molar-refractivity contribution in [2.45, 2.75) is 50.7 Å². The molecule has 2 saturated heterocycles. The van der Waals surface area contributed by atoms with Crippen LogP contribution < -0.4 is 5.32 Å². The molecule has 0 spiro atoms. The number of fused-ring (bicyclic) bond motifs is 1. The summed E-state index contributed by atoms with van der Waals surface area (Å²) >= 11 is 0. The molecule has 0 aromatic heterocycles. The van der Waals surface area contributed by atoms with Crippen molar-refractivity contribution in [3.63, 3.8) is 0 Å². The number of carbonyl (C=O) groups excluding carboxylic acids is 2. The maximum absolute atomic E-state index is 12.1. The molecule has 0 radical (unpaired) electrons. The second kappa shape index (κ2) is 3.93. The monoisotopic (exact) mass is 210 g/mol. The van der Waals surface area contributed by atoms with E-state index in [0.29, 0.717) is 6.04 Å². The first-order chi connectivity index (χ1) is 7.15. The van der Waals surface area contributed by atoms with Crippen molar-refractivity contribution in [1.82, 2.24) is 10.2 Å². The molecule has 0 saturated carbocycles. The van der Waals surface area contributed by atoms with Crippen molar-refractivity contribution < 1.29 is 9.59 Å². The summed E-state index contributed by atoms with van der Waals surface area (Å²) in [6.07, 6.45) is 3.77. The summed E-state index contributed by atoms with van der Waals surface area (Å²) in [4.78, 5) is 25.3. The van der Waals surface area contributed by atoms with Gasteiger partial charge in [0.15, 0.2) is 5.78 Å². The highest BCUT2D eigenvalue weighted by Gasteiger charge is 2.44. The molecule has 1 amide bonds. The van der Waals surface area contributed by atoms with Crippen molar-refractivity contribution >= 4 is 11.7 Å². The molecule has 2 rings (SSSR count). The molecule has 2 heterocycles. The number of hydrogen-bond acceptors (Lipinski definition) is 3.